The van der Waals surface area contributed by atoms with Gasteiger partial charge in [-0.25, -0.2) is 0 Å². The minimum absolute atomic E-state index is 0.0912. The molecule has 3 aromatic rings. The number of thiol groups is 1. The van der Waals surface area contributed by atoms with Crippen LogP contribution in [0, 0.1) is 0 Å². The van der Waals surface area contributed by atoms with Crippen LogP contribution in [0.15, 0.2) is 52.2 Å². The molecule has 1 N–H and O–H groups in total. The van der Waals surface area contributed by atoms with E-state index >= 15 is 0 Å². The van der Waals surface area contributed by atoms with Gasteiger partial charge in [-0.2, -0.15) is 0 Å². The molecule has 0 bridgehead atoms. The predicted molar refractivity (Wildman–Crippen MR) is 88.2 cm³/mol. The molecule has 0 atom stereocenters. The van der Waals surface area contributed by atoms with E-state index in [-0.39, 0.29) is 12.0 Å². The topological polar surface area (TPSA) is 59.3 Å². The number of benzene rings is 2. The predicted octanol–water partition coefficient (Wildman–Crippen LogP) is 3.18. The van der Waals surface area contributed by atoms with E-state index in [0.29, 0.717) is 21.8 Å². The van der Waals surface area contributed by atoms with Gasteiger partial charge in [0.1, 0.15) is 6.54 Å². The van der Waals surface area contributed by atoms with Gasteiger partial charge >= 0.3 is 5.97 Å². The lowest BCUT2D eigenvalue weighted by Gasteiger charge is -2.15. The second-order valence-corrected chi connectivity index (χ2v) is 5.74. The van der Waals surface area contributed by atoms with Gasteiger partial charge in [-0.15, -0.1) is 11.7 Å². The van der Waals surface area contributed by atoms with Gasteiger partial charge in [-0.1, -0.05) is 29.0 Å². The number of rotatable bonds is 3. The van der Waals surface area contributed by atoms with Crippen LogP contribution in [0.4, 0.5) is 0 Å². The summed E-state index contributed by atoms with van der Waals surface area (Å²) in [5.41, 5.74) is 1.14. The zero-order chi connectivity index (χ0) is 15.0. The van der Waals surface area contributed by atoms with Crippen molar-refractivity contribution in [1.82, 2.24) is 4.57 Å². The molecule has 2 aromatic carbocycles. The third-order valence-electron chi connectivity index (χ3n) is 3.34. The summed E-state index contributed by atoms with van der Waals surface area (Å²) in [7, 11) is 1.20. The van der Waals surface area contributed by atoms with Crippen LogP contribution < -0.4 is 5.43 Å². The fourth-order valence-corrected chi connectivity index (χ4v) is 3.41. The molecule has 0 aliphatic rings. The number of carbonyl (C=O) groups is 1. The molecule has 21 heavy (non-hydrogen) atoms. The van der Waals surface area contributed by atoms with Crippen LogP contribution in [0.2, 0.25) is 0 Å². The summed E-state index contributed by atoms with van der Waals surface area (Å²) in [5.74, 6) is -0.955. The number of aromatic nitrogens is 1. The zero-order valence-corrected chi connectivity index (χ0v) is 12.5. The summed E-state index contributed by atoms with van der Waals surface area (Å²) in [5, 5.41) is 10.2. The van der Waals surface area contributed by atoms with E-state index in [1.165, 1.54) is 10.8 Å². The fourth-order valence-electron chi connectivity index (χ4n) is 2.52. The molecule has 1 aromatic heterocycles. The number of pyridine rings is 1. The minimum atomic E-state index is -0.955. The lowest BCUT2D eigenvalue weighted by molar-refractivity contribution is -0.137. The summed E-state index contributed by atoms with van der Waals surface area (Å²) < 4.78 is 1.66. The molecule has 0 saturated carbocycles. The number of carboxylic acid groups (broad SMARTS) is 1. The Bertz CT molecular complexity index is 918. The number of fused-ring (bicyclic) bond motifs is 2. The lowest BCUT2D eigenvalue weighted by Crippen LogP contribution is -2.16. The Morgan fingerprint density at radius 1 is 1.14 bits per heavy atom. The monoisotopic (exact) mass is 317 g/mol. The molecule has 6 heteroatoms. The number of hydrogen-bond acceptors (Lipinski definition) is 4. The Hall–Kier alpha value is -1.92. The van der Waals surface area contributed by atoms with Gasteiger partial charge in [0, 0.05) is 15.7 Å². The van der Waals surface area contributed by atoms with Crippen molar-refractivity contribution < 1.29 is 9.90 Å². The van der Waals surface area contributed by atoms with Crippen molar-refractivity contribution in [3.63, 3.8) is 0 Å². The second-order valence-electron chi connectivity index (χ2n) is 4.57. The molecule has 0 aliphatic carbocycles. The first-order valence-corrected chi connectivity index (χ1v) is 8.08. The summed E-state index contributed by atoms with van der Waals surface area (Å²) in [4.78, 5) is 24.6. The molecule has 0 fully saturated rings. The minimum Gasteiger partial charge on any atom is -0.480 e. The highest BCUT2D eigenvalue weighted by Crippen LogP contribution is 2.30. The summed E-state index contributed by atoms with van der Waals surface area (Å²) in [6.45, 7) is -0.206. The molecule has 106 valence electrons. The van der Waals surface area contributed by atoms with Gasteiger partial charge < -0.3 is 9.67 Å². The van der Waals surface area contributed by atoms with Gasteiger partial charge in [-0.3, -0.25) is 9.59 Å². The Balaban J connectivity index is 2.59. The fraction of sp³-hybridized carbons (Fsp3) is 0.0667. The van der Waals surface area contributed by atoms with Crippen LogP contribution in [-0.2, 0) is 11.3 Å². The van der Waals surface area contributed by atoms with Gasteiger partial charge in [0.05, 0.1) is 11.0 Å². The lowest BCUT2D eigenvalue weighted by atomic mass is 10.1. The third-order valence-corrected chi connectivity index (χ3v) is 4.46. The number of aliphatic carboxylic acids is 1. The average molecular weight is 317 g/mol. The summed E-state index contributed by atoms with van der Waals surface area (Å²) in [6.07, 6.45) is 0. The molecule has 0 spiro atoms. The van der Waals surface area contributed by atoms with Crippen LogP contribution in [0.25, 0.3) is 21.8 Å². The Labute approximate surface area is 129 Å². The largest absolute Gasteiger partial charge is 0.480 e. The van der Waals surface area contributed by atoms with E-state index in [1.807, 2.05) is 6.07 Å². The maximum Gasteiger partial charge on any atom is 0.323 e. The first-order chi connectivity index (χ1) is 10.1. The van der Waals surface area contributed by atoms with E-state index < -0.39 is 5.97 Å². The molecule has 1 heterocycles. The molecular weight excluding hydrogens is 306 g/mol. The van der Waals surface area contributed by atoms with Crippen molar-refractivity contribution in [3.8, 4) is 0 Å². The Morgan fingerprint density at radius 3 is 2.57 bits per heavy atom. The van der Waals surface area contributed by atoms with Crippen molar-refractivity contribution >= 4 is 50.2 Å². The molecule has 0 saturated heterocycles. The van der Waals surface area contributed by atoms with Crippen LogP contribution in [-0.4, -0.2) is 15.6 Å². The maximum atomic E-state index is 12.6. The van der Waals surface area contributed by atoms with Crippen LogP contribution in [0.1, 0.15) is 0 Å². The first kappa shape index (κ1) is 14.0. The number of nitrogens with zero attached hydrogens (tertiary/aromatic N) is 1. The van der Waals surface area contributed by atoms with Gasteiger partial charge in [0.2, 0.25) is 0 Å². The van der Waals surface area contributed by atoms with Gasteiger partial charge in [-0.05, 0) is 24.3 Å². The number of carboxylic acids is 1. The van der Waals surface area contributed by atoms with E-state index in [0.717, 1.165) is 4.90 Å². The average Bonchev–Trinajstić information content (AvgIpc) is 2.50. The second kappa shape index (κ2) is 5.46. The third kappa shape index (κ3) is 2.30. The highest BCUT2D eigenvalue weighted by Gasteiger charge is 2.15. The van der Waals surface area contributed by atoms with Gasteiger partial charge in [0.25, 0.3) is 0 Å². The maximum absolute atomic E-state index is 12.6. The Kier molecular flexibility index (Phi) is 3.65. The smallest absolute Gasteiger partial charge is 0.323 e. The summed E-state index contributed by atoms with van der Waals surface area (Å²) >= 11 is 4.21. The van der Waals surface area contributed by atoms with Crippen molar-refractivity contribution in [2.24, 2.45) is 0 Å². The zero-order valence-electron chi connectivity index (χ0n) is 10.8. The van der Waals surface area contributed by atoms with Crippen molar-refractivity contribution in [2.75, 3.05) is 0 Å². The summed E-state index contributed by atoms with van der Waals surface area (Å²) in [6, 6.07) is 12.4. The highest BCUT2D eigenvalue weighted by molar-refractivity contribution is 8.68. The highest BCUT2D eigenvalue weighted by atomic mass is 33.1. The standard InChI is InChI=1S/C15H11NO3S2/c17-13(18)8-16-11-6-2-1-4-9(11)15(19)10-5-3-7-12(21-20)14(10)16/h1-7,20H,8H2,(H,17,18). The molecule has 0 amide bonds. The molecule has 0 unspecified atom stereocenters. The van der Waals surface area contributed by atoms with Gasteiger partial charge in [0.15, 0.2) is 5.43 Å². The van der Waals surface area contributed by atoms with Crippen LogP contribution in [0.3, 0.4) is 0 Å². The van der Waals surface area contributed by atoms with Crippen LogP contribution in [0.5, 0.6) is 0 Å². The molecule has 0 aliphatic heterocycles. The molecule has 0 radical (unpaired) electrons. The van der Waals surface area contributed by atoms with Crippen LogP contribution >= 0.6 is 22.5 Å². The van der Waals surface area contributed by atoms with E-state index in [2.05, 4.69) is 11.7 Å². The number of para-hydroxylation sites is 2. The van der Waals surface area contributed by atoms with Crippen molar-refractivity contribution in [2.45, 2.75) is 11.4 Å². The molecule has 4 nitrogen and oxygen atoms in total. The molecule has 3 rings (SSSR count). The number of hydrogen-bond donors (Lipinski definition) is 2. The normalized spacial score (nSPS) is 11.1. The molecular formula is C15H11NO3S2. The van der Waals surface area contributed by atoms with Crippen molar-refractivity contribution in [1.29, 1.82) is 0 Å². The van der Waals surface area contributed by atoms with E-state index in [9.17, 15) is 14.7 Å². The Morgan fingerprint density at radius 2 is 1.86 bits per heavy atom. The van der Waals surface area contributed by atoms with E-state index in [1.54, 1.807) is 41.0 Å². The van der Waals surface area contributed by atoms with E-state index in [4.69, 9.17) is 0 Å². The SMILES string of the molecule is O=C(O)Cn1c2ccccc2c(=O)c2cccc(SS)c21. The quantitative estimate of drug-likeness (QED) is 0.442. The van der Waals surface area contributed by atoms with Crippen molar-refractivity contribution in [3.05, 3.63) is 52.7 Å². The first-order valence-electron chi connectivity index (χ1n) is 6.21.